The first-order chi connectivity index (χ1) is 28.1. The molecule has 2 nitrogen and oxygen atoms in total. The molecule has 0 spiro atoms. The molecule has 1 aliphatic rings. The summed E-state index contributed by atoms with van der Waals surface area (Å²) in [6.45, 7) is 2.38. The van der Waals surface area contributed by atoms with Crippen molar-refractivity contribution in [2.75, 3.05) is 0 Å². The van der Waals surface area contributed by atoms with Gasteiger partial charge < -0.3 is 0 Å². The largest absolute Gasteiger partial charge is 0.228 e. The van der Waals surface area contributed by atoms with E-state index in [4.69, 9.17) is 9.97 Å². The molecule has 11 rings (SSSR count). The van der Waals surface area contributed by atoms with Gasteiger partial charge in [-0.2, -0.15) is 0 Å². The Morgan fingerprint density at radius 3 is 1.47 bits per heavy atom. The number of nitrogens with zero attached hydrogens (tertiary/aromatic N) is 2. The first-order valence-corrected chi connectivity index (χ1v) is 20.3. The van der Waals surface area contributed by atoms with E-state index < -0.39 is 0 Å². The Hall–Kier alpha value is -6.94. The van der Waals surface area contributed by atoms with Gasteiger partial charge >= 0.3 is 0 Å². The summed E-state index contributed by atoms with van der Waals surface area (Å²) in [5, 5.41) is 2.62. The smallest absolute Gasteiger partial charge is 0.160 e. The monoisotopic (exact) mass is 744 g/mol. The molecule has 0 bridgehead atoms. The number of rotatable bonds is 6. The number of thiophene rings is 1. The molecule has 0 saturated heterocycles. The number of aromatic nitrogens is 2. The average Bonchev–Trinajstić information content (AvgIpc) is 3.79. The highest BCUT2D eigenvalue weighted by molar-refractivity contribution is 7.25. The molecule has 0 N–H and O–H groups in total. The van der Waals surface area contributed by atoms with Crippen LogP contribution in [0.2, 0.25) is 0 Å². The number of benzene rings is 8. The van der Waals surface area contributed by atoms with Gasteiger partial charge in [-0.05, 0) is 81.3 Å². The number of fused-ring (bicyclic) bond motifs is 6. The van der Waals surface area contributed by atoms with Crippen molar-refractivity contribution in [1.82, 2.24) is 9.97 Å². The SMILES string of the molecule is CC1(c2ccccc2-c2ccc(-c3cc(-c4ccc(-c5ccc6sc7ccccc7c6c5)cc4)nc(-c4ccccc4)n3)cc2)c2ccccc2-c2ccccc21. The summed E-state index contributed by atoms with van der Waals surface area (Å²) in [6.07, 6.45) is 0. The molecule has 0 saturated carbocycles. The zero-order valence-corrected chi connectivity index (χ0v) is 32.2. The summed E-state index contributed by atoms with van der Waals surface area (Å²) in [6, 6.07) is 72.2. The van der Waals surface area contributed by atoms with E-state index in [9.17, 15) is 0 Å². The van der Waals surface area contributed by atoms with Crippen LogP contribution in [-0.2, 0) is 5.41 Å². The van der Waals surface area contributed by atoms with Crippen LogP contribution >= 0.6 is 11.3 Å². The van der Waals surface area contributed by atoms with Crippen LogP contribution in [0.1, 0.15) is 23.6 Å². The second kappa shape index (κ2) is 13.4. The fourth-order valence-corrected chi connectivity index (χ4v) is 10.0. The summed E-state index contributed by atoms with van der Waals surface area (Å²) in [5.74, 6) is 0.711. The van der Waals surface area contributed by atoms with Gasteiger partial charge in [0.1, 0.15) is 0 Å². The van der Waals surface area contributed by atoms with Crippen LogP contribution in [0.15, 0.2) is 200 Å². The van der Waals surface area contributed by atoms with E-state index in [2.05, 4.69) is 189 Å². The Balaban J connectivity index is 0.965. The van der Waals surface area contributed by atoms with Gasteiger partial charge in [-0.15, -0.1) is 11.3 Å². The molecule has 3 heteroatoms. The van der Waals surface area contributed by atoms with Gasteiger partial charge in [0.05, 0.1) is 11.4 Å². The minimum absolute atomic E-state index is 0.283. The number of hydrogen-bond donors (Lipinski definition) is 0. The van der Waals surface area contributed by atoms with Gasteiger partial charge in [0.15, 0.2) is 5.82 Å². The molecule has 268 valence electrons. The zero-order chi connectivity index (χ0) is 37.9. The summed E-state index contributed by atoms with van der Waals surface area (Å²) >= 11 is 1.85. The highest BCUT2D eigenvalue weighted by atomic mass is 32.1. The van der Waals surface area contributed by atoms with Gasteiger partial charge in [0.25, 0.3) is 0 Å². The van der Waals surface area contributed by atoms with Crippen LogP contribution in [0.25, 0.3) is 87.5 Å². The van der Waals surface area contributed by atoms with Crippen molar-refractivity contribution in [1.29, 1.82) is 0 Å². The fourth-order valence-electron chi connectivity index (χ4n) is 8.93. The van der Waals surface area contributed by atoms with E-state index in [1.807, 2.05) is 29.5 Å². The Bertz CT molecular complexity index is 3080. The first-order valence-electron chi connectivity index (χ1n) is 19.5. The molecule has 1 aliphatic carbocycles. The lowest BCUT2D eigenvalue weighted by atomic mass is 9.71. The maximum absolute atomic E-state index is 5.15. The molecule has 0 radical (unpaired) electrons. The summed E-state index contributed by atoms with van der Waals surface area (Å²) < 4.78 is 2.64. The normalized spacial score (nSPS) is 12.8. The Kier molecular flexibility index (Phi) is 7.84. The van der Waals surface area contributed by atoms with Gasteiger partial charge in [0, 0.05) is 42.3 Å². The van der Waals surface area contributed by atoms with E-state index in [-0.39, 0.29) is 5.41 Å². The first kappa shape index (κ1) is 33.4. The van der Waals surface area contributed by atoms with Crippen molar-refractivity contribution in [3.05, 3.63) is 217 Å². The minimum atomic E-state index is -0.283. The third-order valence-corrected chi connectivity index (χ3v) is 13.0. The maximum Gasteiger partial charge on any atom is 0.160 e. The van der Waals surface area contributed by atoms with Crippen LogP contribution in [0.4, 0.5) is 0 Å². The quantitative estimate of drug-likeness (QED) is 0.169. The Morgan fingerprint density at radius 1 is 0.351 bits per heavy atom. The maximum atomic E-state index is 5.15. The van der Waals surface area contributed by atoms with E-state index in [1.165, 1.54) is 70.2 Å². The lowest BCUT2D eigenvalue weighted by Gasteiger charge is -2.30. The lowest BCUT2D eigenvalue weighted by molar-refractivity contribution is 0.716. The second-order valence-corrected chi connectivity index (χ2v) is 16.1. The molecule has 0 unspecified atom stereocenters. The van der Waals surface area contributed by atoms with Crippen LogP contribution in [0.3, 0.4) is 0 Å². The molecule has 0 amide bonds. The average molecular weight is 745 g/mol. The van der Waals surface area contributed by atoms with Crippen LogP contribution < -0.4 is 0 Å². The third-order valence-electron chi connectivity index (χ3n) is 11.8. The highest BCUT2D eigenvalue weighted by Crippen LogP contribution is 2.54. The van der Waals surface area contributed by atoms with E-state index in [1.54, 1.807) is 0 Å². The van der Waals surface area contributed by atoms with E-state index >= 15 is 0 Å². The molecule has 0 fully saturated rings. The number of hydrogen-bond acceptors (Lipinski definition) is 3. The topological polar surface area (TPSA) is 25.8 Å². The predicted molar refractivity (Wildman–Crippen MR) is 240 cm³/mol. The van der Waals surface area contributed by atoms with Crippen LogP contribution in [0, 0.1) is 0 Å². The molecular formula is C54H36N2S. The second-order valence-electron chi connectivity index (χ2n) is 15.1. The third kappa shape index (κ3) is 5.54. The zero-order valence-electron chi connectivity index (χ0n) is 31.4. The molecular weight excluding hydrogens is 709 g/mol. The van der Waals surface area contributed by atoms with E-state index in [0.717, 1.165) is 28.1 Å². The van der Waals surface area contributed by atoms with Gasteiger partial charge in [-0.1, -0.05) is 176 Å². The van der Waals surface area contributed by atoms with Crippen LogP contribution in [-0.4, -0.2) is 9.97 Å². The van der Waals surface area contributed by atoms with Gasteiger partial charge in [0.2, 0.25) is 0 Å². The molecule has 2 aromatic heterocycles. The van der Waals surface area contributed by atoms with Crippen molar-refractivity contribution in [2.24, 2.45) is 0 Å². The predicted octanol–water partition coefficient (Wildman–Crippen LogP) is 14.5. The van der Waals surface area contributed by atoms with Crippen LogP contribution in [0.5, 0.6) is 0 Å². The van der Waals surface area contributed by atoms with Crippen molar-refractivity contribution in [3.63, 3.8) is 0 Å². The van der Waals surface area contributed by atoms with Crippen molar-refractivity contribution in [3.8, 4) is 67.3 Å². The molecule has 57 heavy (non-hydrogen) atoms. The lowest BCUT2D eigenvalue weighted by Crippen LogP contribution is -2.23. The van der Waals surface area contributed by atoms with Crippen molar-refractivity contribution in [2.45, 2.75) is 12.3 Å². The summed E-state index contributed by atoms with van der Waals surface area (Å²) in [5.41, 5.74) is 16.0. The summed E-state index contributed by atoms with van der Waals surface area (Å²) in [4.78, 5) is 10.3. The molecule has 0 atom stereocenters. The standard InChI is InChI=1S/C54H36N2S/c1-54(47-20-10-6-16-42(47)43-17-7-11-21-48(43)54)46-19-9-5-15-41(46)36-25-29-38(30-26-36)50-34-49(55-53(56-50)39-13-3-2-4-14-39)37-27-23-35(24-28-37)40-31-32-52-45(33-40)44-18-8-12-22-51(44)57-52/h2-34H,1H3. The van der Waals surface area contributed by atoms with Gasteiger partial charge in [-0.3, -0.25) is 0 Å². The Labute approximate surface area is 336 Å². The van der Waals surface area contributed by atoms with E-state index in [0.29, 0.717) is 5.82 Å². The highest BCUT2D eigenvalue weighted by Gasteiger charge is 2.41. The molecule has 10 aromatic rings. The molecule has 2 heterocycles. The molecule has 0 aliphatic heterocycles. The van der Waals surface area contributed by atoms with Gasteiger partial charge in [-0.25, -0.2) is 9.97 Å². The minimum Gasteiger partial charge on any atom is -0.228 e. The molecule has 8 aromatic carbocycles. The fraction of sp³-hybridized carbons (Fsp3) is 0.0370. The Morgan fingerprint density at radius 2 is 0.825 bits per heavy atom. The van der Waals surface area contributed by atoms with Crippen molar-refractivity contribution < 1.29 is 0 Å². The van der Waals surface area contributed by atoms with Crippen molar-refractivity contribution >= 4 is 31.5 Å². The summed E-state index contributed by atoms with van der Waals surface area (Å²) in [7, 11) is 0.